The molecule has 1 aromatic carbocycles. The molecule has 1 spiro atoms. The third-order valence-electron chi connectivity index (χ3n) is 7.42. The highest BCUT2D eigenvalue weighted by Gasteiger charge is 2.49. The summed E-state index contributed by atoms with van der Waals surface area (Å²) in [6, 6.07) is 10.0. The quantitative estimate of drug-likeness (QED) is 0.383. The number of amides is 1. The summed E-state index contributed by atoms with van der Waals surface area (Å²) >= 11 is 1.29. The fraction of sp³-hybridized carbons (Fsp3) is 0.500. The summed E-state index contributed by atoms with van der Waals surface area (Å²) in [5.74, 6) is 0.446. The van der Waals surface area contributed by atoms with E-state index in [1.54, 1.807) is 18.3 Å². The molecule has 11 nitrogen and oxygen atoms in total. The Morgan fingerprint density at radius 3 is 2.83 bits per heavy atom. The van der Waals surface area contributed by atoms with Gasteiger partial charge in [0.15, 0.2) is 5.82 Å². The standard InChI is InChI=1S/C26H29F3N8O3S/c27-26(28,29)40-19-4-1-3-17(9-19)12-36-14-25(15-36)11-20(39-16-25)10-22(38)32-24-35-34-23(41-24)31-18-6-8-37(13-18)21-5-2-7-30-33-21/h1-5,7,9,18,20H,6,8,10-16H2,(H,31,34)(H,32,35,38)/t18-,20-/m1/s1. The van der Waals surface area contributed by atoms with E-state index in [9.17, 15) is 18.0 Å². The van der Waals surface area contributed by atoms with E-state index < -0.39 is 6.36 Å². The second-order valence-electron chi connectivity index (χ2n) is 10.8. The Morgan fingerprint density at radius 2 is 2.02 bits per heavy atom. The number of carbonyl (C=O) groups excluding carboxylic acids is 1. The first kappa shape index (κ1) is 27.6. The number of ether oxygens (including phenoxy) is 2. The Balaban J connectivity index is 0.920. The van der Waals surface area contributed by atoms with Crippen molar-refractivity contribution in [2.24, 2.45) is 5.41 Å². The van der Waals surface area contributed by atoms with Crippen molar-refractivity contribution in [1.82, 2.24) is 25.3 Å². The molecule has 0 aliphatic carbocycles. The molecule has 0 bridgehead atoms. The average molecular weight is 591 g/mol. The molecule has 3 aliphatic heterocycles. The van der Waals surface area contributed by atoms with Crippen molar-refractivity contribution in [1.29, 1.82) is 0 Å². The van der Waals surface area contributed by atoms with Crippen LogP contribution in [0.2, 0.25) is 0 Å². The predicted octanol–water partition coefficient (Wildman–Crippen LogP) is 3.54. The summed E-state index contributed by atoms with van der Waals surface area (Å²) in [6.45, 7) is 4.24. The normalized spacial score (nSPS) is 22.1. The third-order valence-corrected chi connectivity index (χ3v) is 8.19. The van der Waals surface area contributed by atoms with Crippen molar-refractivity contribution in [3.63, 3.8) is 0 Å². The first-order valence-corrected chi connectivity index (χ1v) is 14.1. The first-order chi connectivity index (χ1) is 19.7. The number of halogens is 3. The largest absolute Gasteiger partial charge is 0.573 e. The monoisotopic (exact) mass is 590 g/mol. The number of hydrogen-bond acceptors (Lipinski definition) is 11. The molecule has 3 aliphatic rings. The molecule has 3 saturated heterocycles. The van der Waals surface area contributed by atoms with Crippen molar-refractivity contribution >= 4 is 33.3 Å². The molecule has 3 fully saturated rings. The van der Waals surface area contributed by atoms with Gasteiger partial charge in [0.05, 0.1) is 19.1 Å². The average Bonchev–Trinajstić information content (AvgIpc) is 3.65. The number of nitrogens with one attached hydrogen (secondary N) is 2. The lowest BCUT2D eigenvalue weighted by molar-refractivity contribution is -0.274. The number of hydrogen-bond donors (Lipinski definition) is 2. The van der Waals surface area contributed by atoms with Gasteiger partial charge < -0.3 is 25.0 Å². The Kier molecular flexibility index (Phi) is 7.66. The van der Waals surface area contributed by atoms with E-state index in [2.05, 4.69) is 45.6 Å². The lowest BCUT2D eigenvalue weighted by Crippen LogP contribution is -2.56. The summed E-state index contributed by atoms with van der Waals surface area (Å²) in [6.07, 6.45) is -1.37. The van der Waals surface area contributed by atoms with Crippen LogP contribution in [0, 0.1) is 5.41 Å². The van der Waals surface area contributed by atoms with Gasteiger partial charge in [-0.2, -0.15) is 5.10 Å². The van der Waals surface area contributed by atoms with Crippen molar-refractivity contribution in [2.75, 3.05) is 48.3 Å². The summed E-state index contributed by atoms with van der Waals surface area (Å²) in [7, 11) is 0. The van der Waals surface area contributed by atoms with Gasteiger partial charge in [-0.3, -0.25) is 9.69 Å². The molecule has 6 rings (SSSR count). The van der Waals surface area contributed by atoms with Gasteiger partial charge in [0.1, 0.15) is 5.75 Å². The number of carbonyl (C=O) groups is 1. The van der Waals surface area contributed by atoms with E-state index in [-0.39, 0.29) is 35.6 Å². The molecular weight excluding hydrogens is 561 g/mol. The second kappa shape index (κ2) is 11.4. The van der Waals surface area contributed by atoms with Gasteiger partial charge in [-0.05, 0) is 42.7 Å². The molecule has 218 valence electrons. The zero-order chi connectivity index (χ0) is 28.5. The Bertz CT molecular complexity index is 1350. The molecule has 15 heteroatoms. The van der Waals surface area contributed by atoms with Crippen molar-refractivity contribution in [3.8, 4) is 5.75 Å². The number of anilines is 3. The summed E-state index contributed by atoms with van der Waals surface area (Å²) in [4.78, 5) is 17.0. The topological polar surface area (TPSA) is 118 Å². The number of benzene rings is 1. The highest BCUT2D eigenvalue weighted by atomic mass is 32.1. The molecule has 0 radical (unpaired) electrons. The third kappa shape index (κ3) is 7.02. The smallest absolute Gasteiger partial charge is 0.406 e. The van der Waals surface area contributed by atoms with E-state index >= 15 is 0 Å². The Morgan fingerprint density at radius 1 is 1.17 bits per heavy atom. The van der Waals surface area contributed by atoms with Crippen molar-refractivity contribution in [2.45, 2.75) is 44.3 Å². The van der Waals surface area contributed by atoms with Crippen LogP contribution in [-0.2, 0) is 16.1 Å². The minimum absolute atomic E-state index is 0.0364. The first-order valence-electron chi connectivity index (χ1n) is 13.3. The maximum atomic E-state index is 12.7. The Hall–Kier alpha value is -3.56. The van der Waals surface area contributed by atoms with Gasteiger partial charge in [-0.25, -0.2) is 0 Å². The minimum Gasteiger partial charge on any atom is -0.406 e. The van der Waals surface area contributed by atoms with Crippen LogP contribution in [0.3, 0.4) is 0 Å². The number of aromatic nitrogens is 4. The van der Waals surface area contributed by atoms with Crippen LogP contribution in [0.1, 0.15) is 24.8 Å². The molecule has 2 N–H and O–H groups in total. The highest BCUT2D eigenvalue weighted by Crippen LogP contribution is 2.42. The molecule has 5 heterocycles. The number of alkyl halides is 3. The van der Waals surface area contributed by atoms with Gasteiger partial charge in [0, 0.05) is 50.4 Å². The van der Waals surface area contributed by atoms with Gasteiger partial charge in [-0.1, -0.05) is 23.5 Å². The highest BCUT2D eigenvalue weighted by molar-refractivity contribution is 7.19. The maximum absolute atomic E-state index is 12.7. The molecule has 1 amide bonds. The summed E-state index contributed by atoms with van der Waals surface area (Å²) in [5.41, 5.74) is 0.712. The molecule has 3 aromatic rings. The van der Waals surface area contributed by atoms with Gasteiger partial charge >= 0.3 is 6.36 Å². The zero-order valence-electron chi connectivity index (χ0n) is 22.0. The van der Waals surface area contributed by atoms with Crippen LogP contribution in [0.5, 0.6) is 5.75 Å². The molecule has 2 atom stereocenters. The number of nitrogens with zero attached hydrogens (tertiary/aromatic N) is 6. The lowest BCUT2D eigenvalue weighted by Gasteiger charge is -2.47. The van der Waals surface area contributed by atoms with Crippen LogP contribution in [-0.4, -0.2) is 82.5 Å². The van der Waals surface area contributed by atoms with Crippen LogP contribution in [0.4, 0.5) is 29.3 Å². The van der Waals surface area contributed by atoms with Crippen molar-refractivity contribution < 1.29 is 27.4 Å². The molecular formula is C26H29F3N8O3S. The van der Waals surface area contributed by atoms with E-state index in [1.165, 1.54) is 23.5 Å². The molecule has 2 aromatic heterocycles. The predicted molar refractivity (Wildman–Crippen MR) is 145 cm³/mol. The van der Waals surface area contributed by atoms with Crippen LogP contribution in [0.15, 0.2) is 42.6 Å². The van der Waals surface area contributed by atoms with E-state index in [0.717, 1.165) is 50.4 Å². The second-order valence-corrected chi connectivity index (χ2v) is 11.8. The number of rotatable bonds is 9. The van der Waals surface area contributed by atoms with E-state index in [0.29, 0.717) is 23.4 Å². The van der Waals surface area contributed by atoms with Crippen LogP contribution >= 0.6 is 11.3 Å². The Labute approximate surface area is 238 Å². The molecule has 0 unspecified atom stereocenters. The van der Waals surface area contributed by atoms with Gasteiger partial charge in [0.25, 0.3) is 0 Å². The minimum atomic E-state index is -4.71. The van der Waals surface area contributed by atoms with E-state index in [4.69, 9.17) is 4.74 Å². The summed E-state index contributed by atoms with van der Waals surface area (Å²) < 4.78 is 47.5. The maximum Gasteiger partial charge on any atom is 0.573 e. The number of likely N-dealkylation sites (tertiary alicyclic amines) is 1. The van der Waals surface area contributed by atoms with Gasteiger partial charge in [-0.15, -0.1) is 28.5 Å². The fourth-order valence-electron chi connectivity index (χ4n) is 5.79. The zero-order valence-corrected chi connectivity index (χ0v) is 22.8. The molecule has 0 saturated carbocycles. The van der Waals surface area contributed by atoms with E-state index in [1.807, 2.05) is 12.1 Å². The SMILES string of the molecule is O=C(C[C@@H]1CC2(CO1)CN(Cc1cccc(OC(F)(F)F)c1)C2)Nc1nnc(N[C@@H]2CCN(c3cccnn3)C2)s1. The summed E-state index contributed by atoms with van der Waals surface area (Å²) in [5, 5.41) is 23.7. The van der Waals surface area contributed by atoms with Gasteiger partial charge in [0.2, 0.25) is 16.2 Å². The molecule has 41 heavy (non-hydrogen) atoms. The van der Waals surface area contributed by atoms with Crippen LogP contribution in [0.25, 0.3) is 0 Å². The van der Waals surface area contributed by atoms with Crippen LogP contribution < -0.4 is 20.3 Å². The van der Waals surface area contributed by atoms with Crippen molar-refractivity contribution in [3.05, 3.63) is 48.2 Å². The lowest BCUT2D eigenvalue weighted by atomic mass is 9.77. The fourth-order valence-corrected chi connectivity index (χ4v) is 6.53.